The van der Waals surface area contributed by atoms with Crippen molar-refractivity contribution in [3.8, 4) is 17.2 Å². The number of nitrogens with zero attached hydrogens (tertiary/aromatic N) is 1. The highest BCUT2D eigenvalue weighted by Gasteiger charge is 2.42. The molecule has 1 heterocycles. The third-order valence-electron chi connectivity index (χ3n) is 4.94. The van der Waals surface area contributed by atoms with Crippen molar-refractivity contribution >= 4 is 12.0 Å². The van der Waals surface area contributed by atoms with Gasteiger partial charge in [-0.2, -0.15) is 0 Å². The highest BCUT2D eigenvalue weighted by atomic mass is 16.5. The summed E-state index contributed by atoms with van der Waals surface area (Å²) in [5.41, 5.74) is 0.0708. The second-order valence-corrected chi connectivity index (χ2v) is 7.20. The van der Waals surface area contributed by atoms with Crippen LogP contribution in [-0.4, -0.2) is 62.5 Å². The molecular weight excluding hydrogens is 364 g/mol. The molecule has 0 saturated carbocycles. The minimum Gasteiger partial charge on any atom is -0.493 e. The fourth-order valence-corrected chi connectivity index (χ4v) is 3.16. The van der Waals surface area contributed by atoms with E-state index in [4.69, 9.17) is 14.2 Å². The standard InChI is InChI=1S/C20H30N2O6/c1-5-10-28-17-15(26-3)11-14(12-16(17)27-4)6-8-21-19(25)22-9-7-20(2,13-22)18(23)24/h11-12H,5-10,13H2,1-4H3,(H,21,25)(H,23,24). The van der Waals surface area contributed by atoms with Gasteiger partial charge in [-0.25, -0.2) is 4.79 Å². The Kier molecular flexibility index (Phi) is 7.37. The van der Waals surface area contributed by atoms with Crippen molar-refractivity contribution in [1.82, 2.24) is 10.2 Å². The first-order chi connectivity index (χ1) is 13.3. The molecule has 1 aromatic carbocycles. The van der Waals surface area contributed by atoms with Gasteiger partial charge in [-0.05, 0) is 43.9 Å². The number of hydrogen-bond donors (Lipinski definition) is 2. The van der Waals surface area contributed by atoms with Gasteiger partial charge in [-0.15, -0.1) is 0 Å². The Labute approximate surface area is 165 Å². The fourth-order valence-electron chi connectivity index (χ4n) is 3.16. The Morgan fingerprint density at radius 1 is 1.25 bits per heavy atom. The van der Waals surface area contributed by atoms with Crippen LogP contribution >= 0.6 is 0 Å². The number of carbonyl (C=O) groups is 2. The van der Waals surface area contributed by atoms with Crippen LogP contribution in [0, 0.1) is 5.41 Å². The number of likely N-dealkylation sites (tertiary alicyclic amines) is 1. The fraction of sp³-hybridized carbons (Fsp3) is 0.600. The van der Waals surface area contributed by atoms with Crippen LogP contribution in [0.1, 0.15) is 32.3 Å². The average Bonchev–Trinajstić information content (AvgIpc) is 3.10. The quantitative estimate of drug-likeness (QED) is 0.668. The van der Waals surface area contributed by atoms with Crippen LogP contribution in [0.15, 0.2) is 12.1 Å². The Morgan fingerprint density at radius 3 is 2.39 bits per heavy atom. The lowest BCUT2D eigenvalue weighted by molar-refractivity contribution is -0.147. The number of rotatable bonds is 9. The molecule has 1 aliphatic heterocycles. The summed E-state index contributed by atoms with van der Waals surface area (Å²) in [6, 6.07) is 3.50. The second-order valence-electron chi connectivity index (χ2n) is 7.20. The van der Waals surface area contributed by atoms with Gasteiger partial charge in [0.2, 0.25) is 5.75 Å². The summed E-state index contributed by atoms with van der Waals surface area (Å²) in [5, 5.41) is 12.1. The number of methoxy groups -OCH3 is 2. The van der Waals surface area contributed by atoms with E-state index in [1.807, 2.05) is 19.1 Å². The van der Waals surface area contributed by atoms with E-state index in [0.29, 0.717) is 49.8 Å². The number of benzene rings is 1. The molecule has 1 fully saturated rings. The van der Waals surface area contributed by atoms with Crippen molar-refractivity contribution in [2.45, 2.75) is 33.1 Å². The Bertz CT molecular complexity index is 683. The van der Waals surface area contributed by atoms with Gasteiger partial charge in [-0.3, -0.25) is 4.79 Å². The van der Waals surface area contributed by atoms with Crippen LogP contribution in [-0.2, 0) is 11.2 Å². The highest BCUT2D eigenvalue weighted by molar-refractivity contribution is 5.79. The minimum atomic E-state index is -0.869. The van der Waals surface area contributed by atoms with E-state index >= 15 is 0 Å². The summed E-state index contributed by atoms with van der Waals surface area (Å²) in [4.78, 5) is 25.2. The predicted octanol–water partition coefficient (Wildman–Crippen LogP) is 2.54. The molecule has 2 amide bonds. The molecule has 8 heteroatoms. The second kappa shape index (κ2) is 9.52. The lowest BCUT2D eigenvalue weighted by Crippen LogP contribution is -2.41. The van der Waals surface area contributed by atoms with Gasteiger partial charge in [0.25, 0.3) is 0 Å². The zero-order chi connectivity index (χ0) is 20.7. The van der Waals surface area contributed by atoms with Crippen molar-refractivity contribution < 1.29 is 28.9 Å². The van der Waals surface area contributed by atoms with Gasteiger partial charge in [0.1, 0.15) is 0 Å². The SMILES string of the molecule is CCCOc1c(OC)cc(CCNC(=O)N2CCC(C)(C(=O)O)C2)cc1OC. The first kappa shape index (κ1) is 21.7. The summed E-state index contributed by atoms with van der Waals surface area (Å²) >= 11 is 0. The van der Waals surface area contributed by atoms with Crippen molar-refractivity contribution in [2.24, 2.45) is 5.41 Å². The van der Waals surface area contributed by atoms with Crippen LogP contribution in [0.3, 0.4) is 0 Å². The molecule has 0 spiro atoms. The van der Waals surface area contributed by atoms with Crippen LogP contribution in [0.2, 0.25) is 0 Å². The van der Waals surface area contributed by atoms with Crippen molar-refractivity contribution in [2.75, 3.05) is 40.5 Å². The van der Waals surface area contributed by atoms with E-state index in [0.717, 1.165) is 12.0 Å². The molecular formula is C20H30N2O6. The molecule has 8 nitrogen and oxygen atoms in total. The number of nitrogens with one attached hydrogen (secondary N) is 1. The number of carboxylic acid groups (broad SMARTS) is 1. The van der Waals surface area contributed by atoms with Crippen LogP contribution in [0.4, 0.5) is 4.79 Å². The van der Waals surface area contributed by atoms with E-state index in [2.05, 4.69) is 5.32 Å². The van der Waals surface area contributed by atoms with Crippen molar-refractivity contribution in [3.05, 3.63) is 17.7 Å². The Balaban J connectivity index is 1.95. The number of amides is 2. The monoisotopic (exact) mass is 394 g/mol. The zero-order valence-electron chi connectivity index (χ0n) is 17.0. The van der Waals surface area contributed by atoms with Gasteiger partial charge < -0.3 is 29.5 Å². The van der Waals surface area contributed by atoms with E-state index in [1.54, 1.807) is 26.0 Å². The maximum absolute atomic E-state index is 12.3. The number of carbonyl (C=O) groups excluding carboxylic acids is 1. The molecule has 1 atom stereocenters. The molecule has 1 aromatic rings. The van der Waals surface area contributed by atoms with Gasteiger partial charge >= 0.3 is 12.0 Å². The third kappa shape index (κ3) is 4.99. The molecule has 28 heavy (non-hydrogen) atoms. The number of carboxylic acids is 1. The molecule has 0 aliphatic carbocycles. The number of aliphatic carboxylic acids is 1. The van der Waals surface area contributed by atoms with E-state index in [-0.39, 0.29) is 12.6 Å². The minimum absolute atomic E-state index is 0.222. The maximum Gasteiger partial charge on any atom is 0.317 e. The normalized spacial score (nSPS) is 18.6. The van der Waals surface area contributed by atoms with E-state index in [1.165, 1.54) is 0 Å². The van der Waals surface area contributed by atoms with Gasteiger partial charge in [-0.1, -0.05) is 6.92 Å². The van der Waals surface area contributed by atoms with Crippen LogP contribution < -0.4 is 19.5 Å². The zero-order valence-corrected chi connectivity index (χ0v) is 17.0. The molecule has 156 valence electrons. The first-order valence-electron chi connectivity index (χ1n) is 9.48. The number of urea groups is 1. The average molecular weight is 394 g/mol. The van der Waals surface area contributed by atoms with Crippen molar-refractivity contribution in [3.63, 3.8) is 0 Å². The largest absolute Gasteiger partial charge is 0.493 e. The summed E-state index contributed by atoms with van der Waals surface area (Å²) in [6.07, 6.45) is 1.91. The molecule has 2 N–H and O–H groups in total. The molecule has 2 rings (SSSR count). The predicted molar refractivity (Wildman–Crippen MR) is 104 cm³/mol. The lowest BCUT2D eigenvalue weighted by Gasteiger charge is -2.20. The first-order valence-corrected chi connectivity index (χ1v) is 9.48. The van der Waals surface area contributed by atoms with Crippen molar-refractivity contribution in [1.29, 1.82) is 0 Å². The van der Waals surface area contributed by atoms with Gasteiger partial charge in [0.15, 0.2) is 11.5 Å². The summed E-state index contributed by atoms with van der Waals surface area (Å²) in [7, 11) is 3.15. The molecule has 0 aromatic heterocycles. The molecule has 0 radical (unpaired) electrons. The number of ether oxygens (including phenoxy) is 3. The highest BCUT2D eigenvalue weighted by Crippen LogP contribution is 2.38. The topological polar surface area (TPSA) is 97.3 Å². The van der Waals surface area contributed by atoms with E-state index in [9.17, 15) is 14.7 Å². The molecule has 1 unspecified atom stereocenters. The Hall–Kier alpha value is -2.64. The smallest absolute Gasteiger partial charge is 0.317 e. The summed E-state index contributed by atoms with van der Waals surface area (Å²) < 4.78 is 16.6. The van der Waals surface area contributed by atoms with Gasteiger partial charge in [0.05, 0.1) is 26.2 Å². The molecule has 1 aliphatic rings. The molecule has 0 bridgehead atoms. The van der Waals surface area contributed by atoms with Crippen LogP contribution in [0.25, 0.3) is 0 Å². The molecule has 1 saturated heterocycles. The lowest BCUT2D eigenvalue weighted by atomic mass is 9.90. The summed E-state index contributed by atoms with van der Waals surface area (Å²) in [5.74, 6) is 0.883. The summed E-state index contributed by atoms with van der Waals surface area (Å²) in [6.45, 7) is 5.34. The van der Waals surface area contributed by atoms with E-state index < -0.39 is 11.4 Å². The third-order valence-corrected chi connectivity index (χ3v) is 4.94. The maximum atomic E-state index is 12.3. The Morgan fingerprint density at radius 2 is 1.89 bits per heavy atom. The van der Waals surface area contributed by atoms with Crippen LogP contribution in [0.5, 0.6) is 17.2 Å². The van der Waals surface area contributed by atoms with Gasteiger partial charge in [0, 0.05) is 19.6 Å². The number of hydrogen-bond acceptors (Lipinski definition) is 5.